The predicted molar refractivity (Wildman–Crippen MR) is 115 cm³/mol. The van der Waals surface area contributed by atoms with Crippen LogP contribution in [0.2, 0.25) is 0 Å². The van der Waals surface area contributed by atoms with Crippen molar-refractivity contribution in [2.75, 3.05) is 4.72 Å². The van der Waals surface area contributed by atoms with Gasteiger partial charge in [0.2, 0.25) is 0 Å². The van der Waals surface area contributed by atoms with Gasteiger partial charge in [0.05, 0.1) is 22.3 Å². The molecule has 2 aromatic carbocycles. The standard InChI is InChI=1S/C23H22FN3O3S/c1-16(21-10-4-5-14-25-21)27(18-12-13-18)23(28)17-7-6-8-19(15-17)31(29,30)26-22-11-3-2-9-20(22)24/h2-11,14-16,18,26H,12-13H2,1H3. The van der Waals surface area contributed by atoms with Gasteiger partial charge >= 0.3 is 0 Å². The molecule has 1 aliphatic carbocycles. The number of carbonyl (C=O) groups excluding carboxylic acids is 1. The van der Waals surface area contributed by atoms with E-state index in [1.807, 2.05) is 25.1 Å². The highest BCUT2D eigenvalue weighted by atomic mass is 32.2. The number of benzene rings is 2. The number of rotatable bonds is 7. The van der Waals surface area contributed by atoms with E-state index in [9.17, 15) is 17.6 Å². The molecule has 160 valence electrons. The molecule has 0 aliphatic heterocycles. The molecule has 1 atom stereocenters. The number of hydrogen-bond acceptors (Lipinski definition) is 4. The third-order valence-electron chi connectivity index (χ3n) is 5.22. The number of hydrogen-bond donors (Lipinski definition) is 1. The van der Waals surface area contributed by atoms with Gasteiger partial charge in [0.1, 0.15) is 5.82 Å². The molecule has 4 rings (SSSR count). The second-order valence-corrected chi connectivity index (χ2v) is 9.17. The highest BCUT2D eigenvalue weighted by Gasteiger charge is 2.37. The number of nitrogens with zero attached hydrogens (tertiary/aromatic N) is 2. The zero-order chi connectivity index (χ0) is 22.0. The molecule has 1 aromatic heterocycles. The van der Waals surface area contributed by atoms with Crippen molar-refractivity contribution in [3.63, 3.8) is 0 Å². The first-order valence-corrected chi connectivity index (χ1v) is 11.5. The highest BCUT2D eigenvalue weighted by Crippen LogP contribution is 2.35. The van der Waals surface area contributed by atoms with Crippen molar-refractivity contribution < 1.29 is 17.6 Å². The van der Waals surface area contributed by atoms with Gasteiger partial charge in [-0.25, -0.2) is 12.8 Å². The summed E-state index contributed by atoms with van der Waals surface area (Å²) < 4.78 is 41.7. The van der Waals surface area contributed by atoms with Gasteiger partial charge in [-0.05, 0) is 62.2 Å². The Labute approximate surface area is 180 Å². The predicted octanol–water partition coefficient (Wildman–Crippen LogP) is 4.39. The Morgan fingerprint density at radius 1 is 1.10 bits per heavy atom. The molecule has 8 heteroatoms. The van der Waals surface area contributed by atoms with Crippen LogP contribution >= 0.6 is 0 Å². The summed E-state index contributed by atoms with van der Waals surface area (Å²) in [6, 6.07) is 16.7. The summed E-state index contributed by atoms with van der Waals surface area (Å²) in [5.41, 5.74) is 0.876. The van der Waals surface area contributed by atoms with Gasteiger partial charge in [-0.15, -0.1) is 0 Å². The average molecular weight is 440 g/mol. The molecule has 1 heterocycles. The number of halogens is 1. The summed E-state index contributed by atoms with van der Waals surface area (Å²) in [5, 5.41) is 0. The van der Waals surface area contributed by atoms with Gasteiger partial charge in [-0.1, -0.05) is 24.3 Å². The lowest BCUT2D eigenvalue weighted by molar-refractivity contribution is 0.0670. The maximum atomic E-state index is 13.9. The van der Waals surface area contributed by atoms with Crippen LogP contribution in [0.25, 0.3) is 0 Å². The van der Waals surface area contributed by atoms with Gasteiger partial charge in [-0.3, -0.25) is 14.5 Å². The molecular formula is C23H22FN3O3S. The lowest BCUT2D eigenvalue weighted by Gasteiger charge is -2.29. The highest BCUT2D eigenvalue weighted by molar-refractivity contribution is 7.92. The number of pyridine rings is 1. The number of anilines is 1. The number of carbonyl (C=O) groups is 1. The van der Waals surface area contributed by atoms with Gasteiger partial charge in [-0.2, -0.15) is 0 Å². The van der Waals surface area contributed by atoms with Crippen LogP contribution in [0.3, 0.4) is 0 Å². The first-order chi connectivity index (χ1) is 14.9. The number of nitrogens with one attached hydrogen (secondary N) is 1. The molecule has 0 spiro atoms. The Balaban J connectivity index is 1.62. The van der Waals surface area contributed by atoms with Gasteiger partial charge in [0, 0.05) is 17.8 Å². The van der Waals surface area contributed by atoms with Gasteiger partial charge in [0.25, 0.3) is 15.9 Å². The summed E-state index contributed by atoms with van der Waals surface area (Å²) in [7, 11) is -4.07. The van der Waals surface area contributed by atoms with Crippen LogP contribution in [0.4, 0.5) is 10.1 Å². The minimum atomic E-state index is -4.07. The Morgan fingerprint density at radius 3 is 2.52 bits per heavy atom. The molecule has 1 amide bonds. The van der Waals surface area contributed by atoms with E-state index < -0.39 is 15.8 Å². The Hall–Kier alpha value is -3.26. The quantitative estimate of drug-likeness (QED) is 0.592. The SMILES string of the molecule is CC(c1ccccn1)N(C(=O)c1cccc(S(=O)(=O)Nc2ccccc2F)c1)C1CC1. The molecule has 1 N–H and O–H groups in total. The molecule has 1 saturated carbocycles. The van der Waals surface area contributed by atoms with Crippen LogP contribution in [0.1, 0.15) is 41.9 Å². The molecule has 0 saturated heterocycles. The largest absolute Gasteiger partial charge is 0.327 e. The smallest absolute Gasteiger partial charge is 0.262 e. The van der Waals surface area contributed by atoms with Crippen molar-refractivity contribution in [2.45, 2.75) is 36.7 Å². The molecule has 1 aliphatic rings. The maximum absolute atomic E-state index is 13.9. The molecule has 1 fully saturated rings. The lowest BCUT2D eigenvalue weighted by Crippen LogP contribution is -2.36. The van der Waals surface area contributed by atoms with E-state index in [-0.39, 0.29) is 34.1 Å². The van der Waals surface area contributed by atoms with Crippen molar-refractivity contribution in [2.24, 2.45) is 0 Å². The van der Waals surface area contributed by atoms with Gasteiger partial charge < -0.3 is 4.90 Å². The molecule has 0 radical (unpaired) electrons. The second-order valence-electron chi connectivity index (χ2n) is 7.49. The minimum Gasteiger partial charge on any atom is -0.327 e. The van der Waals surface area contributed by atoms with Crippen LogP contribution in [-0.2, 0) is 10.0 Å². The number of amides is 1. The van der Waals surface area contributed by atoms with Crippen LogP contribution < -0.4 is 4.72 Å². The number of para-hydroxylation sites is 1. The molecule has 0 bridgehead atoms. The van der Waals surface area contributed by atoms with Crippen molar-refractivity contribution in [1.29, 1.82) is 0 Å². The Kier molecular flexibility index (Phi) is 5.73. The number of aromatic nitrogens is 1. The van der Waals surface area contributed by atoms with Crippen LogP contribution in [-0.4, -0.2) is 30.3 Å². The monoisotopic (exact) mass is 439 g/mol. The Bertz CT molecular complexity index is 1200. The van der Waals surface area contributed by atoms with E-state index >= 15 is 0 Å². The fourth-order valence-electron chi connectivity index (χ4n) is 3.47. The van der Waals surface area contributed by atoms with Crippen molar-refractivity contribution in [3.05, 3.63) is 90.0 Å². The molecule has 1 unspecified atom stereocenters. The second kappa shape index (κ2) is 8.47. The zero-order valence-electron chi connectivity index (χ0n) is 16.9. The van der Waals surface area contributed by atoms with E-state index in [2.05, 4.69) is 9.71 Å². The fraction of sp³-hybridized carbons (Fsp3) is 0.217. The zero-order valence-corrected chi connectivity index (χ0v) is 17.7. The van der Waals surface area contributed by atoms with E-state index in [1.165, 1.54) is 42.5 Å². The summed E-state index contributed by atoms with van der Waals surface area (Å²) >= 11 is 0. The third kappa shape index (κ3) is 4.59. The first kappa shape index (κ1) is 21.0. The van der Waals surface area contributed by atoms with E-state index in [0.29, 0.717) is 0 Å². The molecular weight excluding hydrogens is 417 g/mol. The molecule has 3 aromatic rings. The molecule has 31 heavy (non-hydrogen) atoms. The Morgan fingerprint density at radius 2 is 1.84 bits per heavy atom. The normalized spacial score (nSPS) is 14.6. The van der Waals surface area contributed by atoms with Crippen molar-refractivity contribution >= 4 is 21.6 Å². The topological polar surface area (TPSA) is 79.4 Å². The van der Waals surface area contributed by atoms with Crippen LogP contribution in [0.5, 0.6) is 0 Å². The number of sulfonamides is 1. The van der Waals surface area contributed by atoms with Crippen molar-refractivity contribution in [3.8, 4) is 0 Å². The van der Waals surface area contributed by atoms with E-state index in [0.717, 1.165) is 18.5 Å². The van der Waals surface area contributed by atoms with E-state index in [1.54, 1.807) is 17.2 Å². The fourth-order valence-corrected chi connectivity index (χ4v) is 4.58. The van der Waals surface area contributed by atoms with Crippen LogP contribution in [0.15, 0.2) is 77.8 Å². The van der Waals surface area contributed by atoms with Crippen molar-refractivity contribution in [1.82, 2.24) is 9.88 Å². The maximum Gasteiger partial charge on any atom is 0.262 e. The summed E-state index contributed by atoms with van der Waals surface area (Å²) in [4.78, 5) is 19.4. The lowest BCUT2D eigenvalue weighted by atomic mass is 10.1. The van der Waals surface area contributed by atoms with Gasteiger partial charge in [0.15, 0.2) is 0 Å². The van der Waals surface area contributed by atoms with E-state index in [4.69, 9.17) is 0 Å². The summed E-state index contributed by atoms with van der Waals surface area (Å²) in [5.74, 6) is -0.939. The summed E-state index contributed by atoms with van der Waals surface area (Å²) in [6.07, 6.45) is 3.48. The average Bonchev–Trinajstić information content (AvgIpc) is 3.61. The minimum absolute atomic E-state index is 0.0984. The van der Waals surface area contributed by atoms with Crippen LogP contribution in [0, 0.1) is 5.82 Å². The molecule has 6 nitrogen and oxygen atoms in total. The first-order valence-electron chi connectivity index (χ1n) is 9.98. The summed E-state index contributed by atoms with van der Waals surface area (Å²) in [6.45, 7) is 1.92. The third-order valence-corrected chi connectivity index (χ3v) is 6.58.